The van der Waals surface area contributed by atoms with Crippen LogP contribution in [0.2, 0.25) is 10.0 Å². The summed E-state index contributed by atoms with van der Waals surface area (Å²) in [4.78, 5) is 0. The van der Waals surface area contributed by atoms with Gasteiger partial charge in [-0.1, -0.05) is 23.2 Å². The van der Waals surface area contributed by atoms with Gasteiger partial charge < -0.3 is 5.73 Å². The van der Waals surface area contributed by atoms with Crippen molar-refractivity contribution in [3.05, 3.63) is 69.0 Å². The Bertz CT molecular complexity index is 671. The average Bonchev–Trinajstić information content (AvgIpc) is 2.40. The first-order chi connectivity index (χ1) is 9.70. The second-order valence-electron chi connectivity index (χ2n) is 4.38. The fourth-order valence-corrected chi connectivity index (χ4v) is 2.29. The second-order valence-corrected chi connectivity index (χ2v) is 5.22. The van der Waals surface area contributed by atoms with Crippen LogP contribution in [0.1, 0.15) is 22.7 Å². The maximum Gasteiger partial charge on any atom is 0.416 e. The molecule has 0 amide bonds. The summed E-state index contributed by atoms with van der Waals surface area (Å²) in [7, 11) is 0. The van der Waals surface area contributed by atoms with E-state index in [9.17, 15) is 17.6 Å². The average molecular weight is 338 g/mol. The summed E-state index contributed by atoms with van der Waals surface area (Å²) < 4.78 is 51.9. The summed E-state index contributed by atoms with van der Waals surface area (Å²) >= 11 is 11.7. The monoisotopic (exact) mass is 337 g/mol. The topological polar surface area (TPSA) is 26.0 Å². The lowest BCUT2D eigenvalue weighted by Gasteiger charge is -2.17. The summed E-state index contributed by atoms with van der Waals surface area (Å²) in [6.07, 6.45) is -4.58. The number of halogens is 6. The molecule has 1 nitrogen and oxygen atoms in total. The molecule has 112 valence electrons. The highest BCUT2D eigenvalue weighted by Gasteiger charge is 2.32. The quantitative estimate of drug-likeness (QED) is 0.749. The molecule has 0 fully saturated rings. The molecule has 2 N–H and O–H groups in total. The van der Waals surface area contributed by atoms with Gasteiger partial charge in [0.2, 0.25) is 0 Å². The van der Waals surface area contributed by atoms with Crippen LogP contribution in [0.3, 0.4) is 0 Å². The van der Waals surface area contributed by atoms with Gasteiger partial charge in [0.25, 0.3) is 0 Å². The third-order valence-electron chi connectivity index (χ3n) is 2.95. The van der Waals surface area contributed by atoms with E-state index in [2.05, 4.69) is 0 Å². The van der Waals surface area contributed by atoms with Crippen LogP contribution in [0.15, 0.2) is 36.4 Å². The highest BCUT2D eigenvalue weighted by atomic mass is 35.5. The lowest BCUT2D eigenvalue weighted by atomic mass is 9.97. The number of benzene rings is 2. The van der Waals surface area contributed by atoms with E-state index < -0.39 is 23.6 Å². The van der Waals surface area contributed by atoms with Crippen LogP contribution in [-0.2, 0) is 6.18 Å². The normalized spacial score (nSPS) is 13.3. The predicted molar refractivity (Wildman–Crippen MR) is 73.9 cm³/mol. The van der Waals surface area contributed by atoms with E-state index in [0.717, 1.165) is 6.07 Å². The molecule has 0 aliphatic heterocycles. The maximum atomic E-state index is 13.8. The number of nitrogens with two attached hydrogens (primary N) is 1. The highest BCUT2D eigenvalue weighted by molar-refractivity contribution is 6.33. The van der Waals surface area contributed by atoms with E-state index in [1.54, 1.807) is 0 Å². The minimum Gasteiger partial charge on any atom is -0.320 e. The van der Waals surface area contributed by atoms with E-state index in [1.165, 1.54) is 18.2 Å². The molecule has 1 unspecified atom stereocenters. The first-order valence-corrected chi connectivity index (χ1v) is 6.53. The van der Waals surface area contributed by atoms with Gasteiger partial charge in [0.1, 0.15) is 5.82 Å². The first-order valence-electron chi connectivity index (χ1n) is 5.77. The third kappa shape index (κ3) is 3.48. The van der Waals surface area contributed by atoms with Gasteiger partial charge in [-0.3, -0.25) is 0 Å². The molecule has 2 aromatic carbocycles. The molecule has 0 bridgehead atoms. The number of hydrogen-bond donors (Lipinski definition) is 1. The molecule has 0 radical (unpaired) electrons. The lowest BCUT2D eigenvalue weighted by Crippen LogP contribution is -2.16. The zero-order chi connectivity index (χ0) is 15.8. The number of rotatable bonds is 2. The summed E-state index contributed by atoms with van der Waals surface area (Å²) in [5.74, 6) is -0.841. The molecule has 0 saturated carbocycles. The zero-order valence-electron chi connectivity index (χ0n) is 10.4. The van der Waals surface area contributed by atoms with E-state index in [-0.39, 0.29) is 16.1 Å². The van der Waals surface area contributed by atoms with Crippen LogP contribution in [0.4, 0.5) is 17.6 Å². The van der Waals surface area contributed by atoms with Crippen molar-refractivity contribution in [3.8, 4) is 0 Å². The fourth-order valence-electron chi connectivity index (χ4n) is 1.88. The predicted octanol–water partition coefficient (Wildman–Crippen LogP) is 5.20. The Morgan fingerprint density at radius 2 is 1.62 bits per heavy atom. The van der Waals surface area contributed by atoms with Gasteiger partial charge in [-0.2, -0.15) is 13.2 Å². The molecule has 21 heavy (non-hydrogen) atoms. The van der Waals surface area contributed by atoms with Crippen LogP contribution in [0.5, 0.6) is 0 Å². The number of hydrogen-bond acceptors (Lipinski definition) is 1. The zero-order valence-corrected chi connectivity index (χ0v) is 11.9. The van der Waals surface area contributed by atoms with Gasteiger partial charge in [0, 0.05) is 15.6 Å². The van der Waals surface area contributed by atoms with Crippen LogP contribution < -0.4 is 5.73 Å². The van der Waals surface area contributed by atoms with Crippen molar-refractivity contribution in [1.82, 2.24) is 0 Å². The molecular formula is C14H9Cl2F4N. The lowest BCUT2D eigenvalue weighted by molar-refractivity contribution is -0.137. The fraction of sp³-hybridized carbons (Fsp3) is 0.143. The van der Waals surface area contributed by atoms with Crippen molar-refractivity contribution in [2.75, 3.05) is 0 Å². The molecule has 0 heterocycles. The largest absolute Gasteiger partial charge is 0.416 e. The van der Waals surface area contributed by atoms with Crippen LogP contribution in [-0.4, -0.2) is 0 Å². The van der Waals surface area contributed by atoms with Gasteiger partial charge in [0.15, 0.2) is 0 Å². The molecule has 2 aromatic rings. The molecular weight excluding hydrogens is 329 g/mol. The van der Waals surface area contributed by atoms with E-state index >= 15 is 0 Å². The molecule has 0 spiro atoms. The van der Waals surface area contributed by atoms with Gasteiger partial charge in [-0.05, 0) is 42.0 Å². The smallest absolute Gasteiger partial charge is 0.320 e. The van der Waals surface area contributed by atoms with Crippen LogP contribution >= 0.6 is 23.2 Å². The Hall–Kier alpha value is -1.30. The molecule has 7 heteroatoms. The molecule has 0 aromatic heterocycles. The molecule has 0 aliphatic rings. The van der Waals surface area contributed by atoms with Crippen molar-refractivity contribution in [1.29, 1.82) is 0 Å². The van der Waals surface area contributed by atoms with Gasteiger partial charge >= 0.3 is 6.18 Å². The van der Waals surface area contributed by atoms with Crippen LogP contribution in [0.25, 0.3) is 0 Å². The molecule has 0 saturated heterocycles. The van der Waals surface area contributed by atoms with Crippen LogP contribution in [0, 0.1) is 5.82 Å². The standard InChI is InChI=1S/C14H9Cl2F4N/c15-8-2-3-11(16)9(6-8)13(21)10-5-7(14(18,19)20)1-4-12(10)17/h1-6,13H,21H2. The molecule has 1 atom stereocenters. The van der Waals surface area contributed by atoms with Crippen molar-refractivity contribution in [2.45, 2.75) is 12.2 Å². The Morgan fingerprint density at radius 1 is 0.952 bits per heavy atom. The second kappa shape index (κ2) is 5.83. The third-order valence-corrected chi connectivity index (χ3v) is 3.53. The highest BCUT2D eigenvalue weighted by Crippen LogP contribution is 2.34. The maximum absolute atomic E-state index is 13.8. The molecule has 2 rings (SSSR count). The van der Waals surface area contributed by atoms with Gasteiger partial charge in [-0.15, -0.1) is 0 Å². The Kier molecular flexibility index (Phi) is 4.46. The van der Waals surface area contributed by atoms with E-state index in [1.807, 2.05) is 0 Å². The van der Waals surface area contributed by atoms with Crippen molar-refractivity contribution < 1.29 is 17.6 Å². The summed E-state index contributed by atoms with van der Waals surface area (Å²) in [6, 6.07) is 5.26. The Balaban J connectivity index is 2.52. The Labute approximate surface area is 128 Å². The van der Waals surface area contributed by atoms with Crippen molar-refractivity contribution in [2.24, 2.45) is 5.73 Å². The van der Waals surface area contributed by atoms with E-state index in [0.29, 0.717) is 17.2 Å². The van der Waals surface area contributed by atoms with Crippen molar-refractivity contribution in [3.63, 3.8) is 0 Å². The molecule has 0 aliphatic carbocycles. The van der Waals surface area contributed by atoms with Crippen molar-refractivity contribution >= 4 is 23.2 Å². The summed E-state index contributed by atoms with van der Waals surface area (Å²) in [5, 5.41) is 0.501. The first kappa shape index (κ1) is 16.1. The Morgan fingerprint density at radius 3 is 2.24 bits per heavy atom. The summed E-state index contributed by atoms with van der Waals surface area (Å²) in [5.41, 5.74) is 4.82. The SMILES string of the molecule is NC(c1cc(C(F)(F)F)ccc1F)c1cc(Cl)ccc1Cl. The number of alkyl halides is 3. The van der Waals surface area contributed by atoms with E-state index in [4.69, 9.17) is 28.9 Å². The minimum atomic E-state index is -4.58. The summed E-state index contributed by atoms with van der Waals surface area (Å²) in [6.45, 7) is 0. The minimum absolute atomic E-state index is 0.198. The van der Waals surface area contributed by atoms with Gasteiger partial charge in [0.05, 0.1) is 11.6 Å². The van der Waals surface area contributed by atoms with Gasteiger partial charge in [-0.25, -0.2) is 4.39 Å².